The average Bonchev–Trinajstić information content (AvgIpc) is 3.36. The number of pyridine rings is 1. The van der Waals surface area contributed by atoms with Crippen LogP contribution in [0.4, 0.5) is 10.3 Å². The van der Waals surface area contributed by atoms with Gasteiger partial charge in [0.25, 0.3) is 5.56 Å². The molecule has 1 fully saturated rings. The highest BCUT2D eigenvalue weighted by atomic mass is 31.1. The summed E-state index contributed by atoms with van der Waals surface area (Å²) in [6.07, 6.45) is -1.43. The van der Waals surface area contributed by atoms with Crippen LogP contribution in [0.15, 0.2) is 41.7 Å². The lowest BCUT2D eigenvalue weighted by Crippen LogP contribution is -2.31. The Hall–Kier alpha value is -3.16. The Kier molecular flexibility index (Phi) is 8.47. The molecule has 0 aliphatic carbocycles. The van der Waals surface area contributed by atoms with Crippen molar-refractivity contribution in [2.75, 3.05) is 11.9 Å². The minimum absolute atomic E-state index is 0.0895. The van der Waals surface area contributed by atoms with E-state index in [2.05, 4.69) is 29.8 Å². The molecule has 1 amide bonds. The molecule has 1 unspecified atom stereocenters. The largest absolute Gasteiger partial charge is 0.566 e. The molecule has 13 nitrogen and oxygen atoms in total. The van der Waals surface area contributed by atoms with E-state index >= 15 is 0 Å². The third kappa shape index (κ3) is 5.85. The molecule has 15 heteroatoms. The summed E-state index contributed by atoms with van der Waals surface area (Å²) >= 11 is 0. The molecule has 4 heterocycles. The summed E-state index contributed by atoms with van der Waals surface area (Å²) in [5, 5.41) is 11.7. The first-order valence-corrected chi connectivity index (χ1v) is 11.2. The highest BCUT2D eigenvalue weighted by Crippen LogP contribution is 2.38. The number of hydrogen-bond donors (Lipinski definition) is 3. The lowest BCUT2D eigenvalue weighted by atomic mass is 10.1. The summed E-state index contributed by atoms with van der Waals surface area (Å²) in [7, 11) is -3.42. The van der Waals surface area contributed by atoms with Gasteiger partial charge in [-0.05, 0) is 4.57 Å². The molecule has 182 valence electrons. The maximum Gasteiger partial charge on any atom is 0.489 e. The Morgan fingerprint density at radius 2 is 2.15 bits per heavy atom. The summed E-state index contributed by atoms with van der Waals surface area (Å²) in [5.41, 5.74) is -0.906. The van der Waals surface area contributed by atoms with Crippen LogP contribution in [-0.4, -0.2) is 55.5 Å². The third-order valence-corrected chi connectivity index (χ3v) is 5.15. The molecular weight excluding hydrogens is 474 g/mol. The van der Waals surface area contributed by atoms with Crippen LogP contribution in [0.2, 0.25) is 0 Å². The molecule has 1 saturated heterocycles. The minimum Gasteiger partial charge on any atom is -0.566 e. The third-order valence-electron chi connectivity index (χ3n) is 4.73. The van der Waals surface area contributed by atoms with Gasteiger partial charge < -0.3 is 14.7 Å². The molecule has 0 spiro atoms. The normalized spacial score (nSPS) is 22.4. The topological polar surface area (TPSA) is 186 Å². The quantitative estimate of drug-likeness (QED) is 0.389. The number of H-pyrrole nitrogens is 2. The lowest BCUT2D eigenvalue weighted by Gasteiger charge is -2.17. The number of amides is 1. The number of nitrogens with one attached hydrogen (secondary N) is 3. The van der Waals surface area contributed by atoms with Gasteiger partial charge >= 0.3 is 8.25 Å². The number of aromatic amines is 2. The first-order chi connectivity index (χ1) is 16.2. The second kappa shape index (κ2) is 11.3. The number of nitrogens with zero attached hydrogens (tertiary/aromatic N) is 3. The molecule has 4 rings (SSSR count). The predicted molar refractivity (Wildman–Crippen MR) is 113 cm³/mol. The lowest BCUT2D eigenvalue weighted by molar-refractivity contribution is -0.377. The Bertz CT molecular complexity index is 1160. The molecule has 4 N–H and O–H groups in total. The number of alkyl halides is 1. The van der Waals surface area contributed by atoms with Crippen LogP contribution in [0, 0.1) is 5.92 Å². The van der Waals surface area contributed by atoms with Crippen molar-refractivity contribution < 1.29 is 38.0 Å². The first kappa shape index (κ1) is 25.5. The highest BCUT2D eigenvalue weighted by molar-refractivity contribution is 7.30. The van der Waals surface area contributed by atoms with Gasteiger partial charge in [0, 0.05) is 18.1 Å². The van der Waals surface area contributed by atoms with Crippen molar-refractivity contribution in [1.82, 2.24) is 19.5 Å². The van der Waals surface area contributed by atoms with Gasteiger partial charge in [0.2, 0.25) is 11.9 Å². The smallest absolute Gasteiger partial charge is 0.489 e. The van der Waals surface area contributed by atoms with Crippen molar-refractivity contribution in [3.8, 4) is 0 Å². The van der Waals surface area contributed by atoms with Gasteiger partial charge in [-0.25, -0.2) is 14.4 Å². The Morgan fingerprint density at radius 1 is 1.44 bits per heavy atom. The monoisotopic (exact) mass is 497 g/mol. The van der Waals surface area contributed by atoms with Gasteiger partial charge in [0.15, 0.2) is 42.1 Å². The fourth-order valence-corrected chi connectivity index (χ4v) is 3.47. The molecule has 34 heavy (non-hydrogen) atoms. The predicted octanol–water partition coefficient (Wildman–Crippen LogP) is -0.154. The number of aromatic nitrogens is 5. The van der Waals surface area contributed by atoms with E-state index in [1.807, 2.05) is 30.6 Å². The van der Waals surface area contributed by atoms with E-state index in [4.69, 9.17) is 4.74 Å². The zero-order valence-corrected chi connectivity index (χ0v) is 19.0. The minimum atomic E-state index is -3.42. The van der Waals surface area contributed by atoms with Crippen LogP contribution in [0.5, 0.6) is 0 Å². The number of carbonyl (C=O) groups is 1. The molecule has 1 aliphatic heterocycles. The van der Waals surface area contributed by atoms with E-state index in [-0.39, 0.29) is 23.0 Å². The summed E-state index contributed by atoms with van der Waals surface area (Å²) in [4.78, 5) is 48.2. The second-order valence-corrected chi connectivity index (χ2v) is 8.10. The molecule has 0 saturated carbocycles. The number of imidazole rings is 1. The van der Waals surface area contributed by atoms with E-state index in [1.54, 1.807) is 13.8 Å². The van der Waals surface area contributed by atoms with Crippen molar-refractivity contribution in [1.29, 1.82) is 0 Å². The Balaban J connectivity index is 0.000000469. The van der Waals surface area contributed by atoms with Crippen LogP contribution in [0.1, 0.15) is 20.1 Å². The summed E-state index contributed by atoms with van der Waals surface area (Å²) in [5.74, 6) is -0.953. The van der Waals surface area contributed by atoms with Crippen molar-refractivity contribution in [3.05, 3.63) is 47.3 Å². The summed E-state index contributed by atoms with van der Waals surface area (Å²) in [6.45, 7) is 2.57. The zero-order valence-electron chi connectivity index (χ0n) is 18.1. The molecule has 0 aromatic carbocycles. The van der Waals surface area contributed by atoms with Gasteiger partial charge in [0.1, 0.15) is 6.10 Å². The van der Waals surface area contributed by atoms with Crippen molar-refractivity contribution in [2.45, 2.75) is 38.5 Å². The van der Waals surface area contributed by atoms with E-state index in [1.165, 1.54) is 0 Å². The van der Waals surface area contributed by atoms with Crippen molar-refractivity contribution in [2.24, 2.45) is 5.92 Å². The van der Waals surface area contributed by atoms with E-state index in [9.17, 15) is 28.5 Å². The fourth-order valence-electron chi connectivity index (χ4n) is 3.05. The molecule has 5 atom stereocenters. The standard InChI is InChI=1S/C14H17FN5O7P.C5H5N/c1-5(2)11(22)18-14-17-10-8(12(23)19-14)16-4-20(10)13-9(27-28(24)25)7(15)6(3-21)26-13;1-2-4-6-5-3-1/h4-7,9,13,21H,3H2,1-2H3,(H2,17,18,19,22,23);1-5H/p+1/t6-,7-,9-,13-;/m1./s1. The van der Waals surface area contributed by atoms with E-state index < -0.39 is 50.9 Å². The number of carbonyl (C=O) groups excluding carboxylic acids is 1. The van der Waals surface area contributed by atoms with Crippen LogP contribution in [0.25, 0.3) is 11.2 Å². The number of halogens is 1. The number of aliphatic hydroxyl groups excluding tert-OH is 1. The van der Waals surface area contributed by atoms with Gasteiger partial charge in [0.05, 0.1) is 12.9 Å². The van der Waals surface area contributed by atoms with Gasteiger partial charge in [-0.1, -0.05) is 19.9 Å². The summed E-state index contributed by atoms with van der Waals surface area (Å²) < 4.78 is 36.4. The number of aliphatic hydroxyl groups is 1. The van der Waals surface area contributed by atoms with Gasteiger partial charge in [-0.2, -0.15) is 4.98 Å². The highest BCUT2D eigenvalue weighted by Gasteiger charge is 2.50. The van der Waals surface area contributed by atoms with E-state index in [0.29, 0.717) is 0 Å². The Labute approximate surface area is 192 Å². The zero-order chi connectivity index (χ0) is 24.8. The first-order valence-electron chi connectivity index (χ1n) is 10.1. The SMILES string of the molecule is CC(C)C(=O)Nc1nc2c(ncn2[C@@H]2O[C@H](CO)[C@@H](F)[C@H]2O[P+](=O)[O-])c(=O)[nH]1.c1cc[nH+]cc1. The van der Waals surface area contributed by atoms with Crippen LogP contribution in [-0.2, 0) is 18.6 Å². The van der Waals surface area contributed by atoms with Gasteiger partial charge in [-0.3, -0.25) is 24.5 Å². The number of anilines is 1. The number of ether oxygens (including phenoxy) is 1. The van der Waals surface area contributed by atoms with Crippen LogP contribution >= 0.6 is 8.25 Å². The maximum atomic E-state index is 14.4. The molecule has 3 aromatic heterocycles. The van der Waals surface area contributed by atoms with E-state index in [0.717, 1.165) is 10.9 Å². The summed E-state index contributed by atoms with van der Waals surface area (Å²) in [6, 6.07) is 5.86. The van der Waals surface area contributed by atoms with Crippen LogP contribution in [0.3, 0.4) is 0 Å². The number of rotatable bonds is 6. The average molecular weight is 497 g/mol. The van der Waals surface area contributed by atoms with Crippen LogP contribution < -0.4 is 20.8 Å². The fraction of sp³-hybridized carbons (Fsp3) is 0.421. The molecule has 0 radical (unpaired) electrons. The second-order valence-electron chi connectivity index (χ2n) is 7.45. The molecule has 3 aromatic rings. The molecule has 1 aliphatic rings. The van der Waals surface area contributed by atoms with Crippen molar-refractivity contribution in [3.63, 3.8) is 0 Å². The van der Waals surface area contributed by atoms with Crippen molar-refractivity contribution >= 4 is 31.3 Å². The Morgan fingerprint density at radius 3 is 2.68 bits per heavy atom. The molecular formula is C19H23FN6O7P+. The maximum absolute atomic E-state index is 14.4. The number of hydrogen-bond acceptors (Lipinski definition) is 9. The molecule has 0 bridgehead atoms. The number of fused-ring (bicyclic) bond motifs is 1. The van der Waals surface area contributed by atoms with Gasteiger partial charge in [-0.15, -0.1) is 4.52 Å².